The molecule has 1 aliphatic rings. The number of hydrogen-bond acceptors (Lipinski definition) is 5. The Morgan fingerprint density at radius 3 is 3.06 bits per heavy atom. The quantitative estimate of drug-likeness (QED) is 0.886. The molecule has 1 saturated heterocycles. The molecule has 5 nitrogen and oxygen atoms in total. The Hall–Kier alpha value is -1.39. The fraction of sp³-hybridized carbons (Fsp3) is 0.769. The first-order chi connectivity index (χ1) is 8.65. The zero-order chi connectivity index (χ0) is 13.0. The topological polar surface area (TPSA) is 53.9 Å². The van der Waals surface area contributed by atoms with Crippen LogP contribution in [0.5, 0.6) is 0 Å². The van der Waals surface area contributed by atoms with Crippen LogP contribution in [0.15, 0.2) is 6.20 Å². The third kappa shape index (κ3) is 3.55. The molecule has 5 heteroatoms. The van der Waals surface area contributed by atoms with E-state index in [9.17, 15) is 0 Å². The lowest BCUT2D eigenvalue weighted by Crippen LogP contribution is -2.35. The van der Waals surface area contributed by atoms with Crippen molar-refractivity contribution in [3.8, 4) is 0 Å². The van der Waals surface area contributed by atoms with Crippen LogP contribution in [-0.4, -0.2) is 34.8 Å². The van der Waals surface area contributed by atoms with E-state index in [2.05, 4.69) is 46.2 Å². The second-order valence-electron chi connectivity index (χ2n) is 5.61. The van der Waals surface area contributed by atoms with Crippen molar-refractivity contribution >= 4 is 11.8 Å². The van der Waals surface area contributed by atoms with Gasteiger partial charge in [-0.1, -0.05) is 20.8 Å². The van der Waals surface area contributed by atoms with E-state index in [-0.39, 0.29) is 0 Å². The lowest BCUT2D eigenvalue weighted by Gasteiger charge is -2.30. The molecule has 0 spiro atoms. The van der Waals surface area contributed by atoms with Crippen LogP contribution in [0.25, 0.3) is 0 Å². The Morgan fingerprint density at radius 2 is 2.33 bits per heavy atom. The van der Waals surface area contributed by atoms with Gasteiger partial charge in [0.25, 0.3) is 0 Å². The van der Waals surface area contributed by atoms with E-state index in [1.54, 1.807) is 6.20 Å². The van der Waals surface area contributed by atoms with E-state index in [1.165, 1.54) is 12.8 Å². The van der Waals surface area contributed by atoms with E-state index in [4.69, 9.17) is 0 Å². The van der Waals surface area contributed by atoms with Gasteiger partial charge in [0, 0.05) is 19.6 Å². The second kappa shape index (κ2) is 5.98. The Morgan fingerprint density at radius 1 is 1.50 bits per heavy atom. The van der Waals surface area contributed by atoms with E-state index in [1.807, 2.05) is 0 Å². The molecule has 0 bridgehead atoms. The molecule has 18 heavy (non-hydrogen) atoms. The highest BCUT2D eigenvalue weighted by atomic mass is 15.3. The highest BCUT2D eigenvalue weighted by molar-refractivity contribution is 5.39. The van der Waals surface area contributed by atoms with Gasteiger partial charge in [0.2, 0.25) is 5.95 Å². The standard InChI is InChI=1S/C13H23N5/c1-10(2)7-14-12-8-15-17-13(16-12)18-6-4-5-11(3)9-18/h8,10-11H,4-7,9H2,1-3H3,(H,14,16,17). The van der Waals surface area contributed by atoms with Crippen LogP contribution >= 0.6 is 0 Å². The van der Waals surface area contributed by atoms with Crippen molar-refractivity contribution in [2.24, 2.45) is 11.8 Å². The van der Waals surface area contributed by atoms with Crippen molar-refractivity contribution < 1.29 is 0 Å². The van der Waals surface area contributed by atoms with Gasteiger partial charge in [-0.15, -0.1) is 5.10 Å². The third-order valence-corrected chi connectivity index (χ3v) is 3.18. The number of rotatable bonds is 4. The first-order valence-corrected chi connectivity index (χ1v) is 6.83. The maximum Gasteiger partial charge on any atom is 0.247 e. The Balaban J connectivity index is 2.02. The molecule has 1 atom stereocenters. The van der Waals surface area contributed by atoms with Crippen LogP contribution < -0.4 is 10.2 Å². The number of anilines is 2. The van der Waals surface area contributed by atoms with E-state index < -0.39 is 0 Å². The minimum absolute atomic E-state index is 0.596. The van der Waals surface area contributed by atoms with Crippen LogP contribution in [0.3, 0.4) is 0 Å². The number of nitrogens with zero attached hydrogens (tertiary/aromatic N) is 4. The number of hydrogen-bond donors (Lipinski definition) is 1. The molecule has 2 heterocycles. The Bertz CT molecular complexity index is 379. The van der Waals surface area contributed by atoms with E-state index in [0.717, 1.165) is 37.3 Å². The molecule has 1 N–H and O–H groups in total. The molecule has 1 fully saturated rings. The van der Waals surface area contributed by atoms with Crippen LogP contribution in [0, 0.1) is 11.8 Å². The summed E-state index contributed by atoms with van der Waals surface area (Å²) < 4.78 is 0. The van der Waals surface area contributed by atoms with Gasteiger partial charge in [0.05, 0.1) is 6.20 Å². The Kier molecular flexibility index (Phi) is 4.33. The molecule has 0 aromatic carbocycles. The van der Waals surface area contributed by atoms with Crippen molar-refractivity contribution in [3.63, 3.8) is 0 Å². The average Bonchev–Trinajstić information content (AvgIpc) is 2.37. The highest BCUT2D eigenvalue weighted by Gasteiger charge is 2.19. The number of piperidine rings is 1. The molecular formula is C13H23N5. The largest absolute Gasteiger partial charge is 0.368 e. The summed E-state index contributed by atoms with van der Waals surface area (Å²) in [5, 5.41) is 11.5. The van der Waals surface area contributed by atoms with Gasteiger partial charge < -0.3 is 10.2 Å². The van der Waals surface area contributed by atoms with Crippen molar-refractivity contribution in [2.75, 3.05) is 29.9 Å². The molecule has 1 aliphatic heterocycles. The summed E-state index contributed by atoms with van der Waals surface area (Å²) in [5.41, 5.74) is 0. The maximum atomic E-state index is 4.54. The van der Waals surface area contributed by atoms with Crippen molar-refractivity contribution in [1.82, 2.24) is 15.2 Å². The number of nitrogens with one attached hydrogen (secondary N) is 1. The molecular weight excluding hydrogens is 226 g/mol. The molecule has 100 valence electrons. The van der Waals surface area contributed by atoms with Gasteiger partial charge in [0.15, 0.2) is 5.82 Å². The highest BCUT2D eigenvalue weighted by Crippen LogP contribution is 2.19. The summed E-state index contributed by atoms with van der Waals surface area (Å²) in [6.07, 6.45) is 4.21. The summed E-state index contributed by atoms with van der Waals surface area (Å²) in [7, 11) is 0. The van der Waals surface area contributed by atoms with Gasteiger partial charge >= 0.3 is 0 Å². The first kappa shape index (κ1) is 13.1. The molecule has 1 aromatic rings. The molecule has 0 amide bonds. The normalized spacial score (nSPS) is 20.2. The SMILES string of the molecule is CC(C)CNc1cnnc(N2CCCC(C)C2)n1. The zero-order valence-electron chi connectivity index (χ0n) is 11.6. The van der Waals surface area contributed by atoms with Gasteiger partial charge in [-0.3, -0.25) is 0 Å². The lowest BCUT2D eigenvalue weighted by atomic mass is 10.0. The molecule has 0 aliphatic carbocycles. The molecule has 1 aromatic heterocycles. The summed E-state index contributed by atoms with van der Waals surface area (Å²) in [4.78, 5) is 6.78. The van der Waals surface area contributed by atoms with Crippen LogP contribution in [0.1, 0.15) is 33.6 Å². The Labute approximate surface area is 109 Å². The fourth-order valence-electron chi connectivity index (χ4n) is 2.19. The van der Waals surface area contributed by atoms with Crippen LogP contribution in [0.2, 0.25) is 0 Å². The van der Waals surface area contributed by atoms with Crippen LogP contribution in [-0.2, 0) is 0 Å². The lowest BCUT2D eigenvalue weighted by molar-refractivity contribution is 0.441. The van der Waals surface area contributed by atoms with Gasteiger partial charge in [0.1, 0.15) is 0 Å². The fourth-order valence-corrected chi connectivity index (χ4v) is 2.19. The maximum absolute atomic E-state index is 4.54. The minimum atomic E-state index is 0.596. The second-order valence-corrected chi connectivity index (χ2v) is 5.61. The predicted octanol–water partition coefficient (Wildman–Crippen LogP) is 2.18. The van der Waals surface area contributed by atoms with Crippen molar-refractivity contribution in [2.45, 2.75) is 33.6 Å². The minimum Gasteiger partial charge on any atom is -0.368 e. The van der Waals surface area contributed by atoms with E-state index in [0.29, 0.717) is 5.92 Å². The number of aromatic nitrogens is 3. The predicted molar refractivity (Wildman–Crippen MR) is 73.8 cm³/mol. The third-order valence-electron chi connectivity index (χ3n) is 3.18. The molecule has 0 radical (unpaired) electrons. The average molecular weight is 249 g/mol. The summed E-state index contributed by atoms with van der Waals surface area (Å²) in [6, 6.07) is 0. The van der Waals surface area contributed by atoms with Gasteiger partial charge in [-0.2, -0.15) is 10.1 Å². The summed E-state index contributed by atoms with van der Waals surface area (Å²) in [5.74, 6) is 2.90. The smallest absolute Gasteiger partial charge is 0.247 e. The van der Waals surface area contributed by atoms with E-state index >= 15 is 0 Å². The van der Waals surface area contributed by atoms with Crippen LogP contribution in [0.4, 0.5) is 11.8 Å². The first-order valence-electron chi connectivity index (χ1n) is 6.83. The molecule has 1 unspecified atom stereocenters. The van der Waals surface area contributed by atoms with Gasteiger partial charge in [-0.05, 0) is 24.7 Å². The zero-order valence-corrected chi connectivity index (χ0v) is 11.6. The summed E-state index contributed by atoms with van der Waals surface area (Å²) in [6.45, 7) is 9.62. The van der Waals surface area contributed by atoms with Crippen molar-refractivity contribution in [3.05, 3.63) is 6.20 Å². The molecule has 0 saturated carbocycles. The molecule has 2 rings (SSSR count). The monoisotopic (exact) mass is 249 g/mol. The summed E-state index contributed by atoms with van der Waals surface area (Å²) >= 11 is 0. The van der Waals surface area contributed by atoms with Gasteiger partial charge in [-0.25, -0.2) is 0 Å². The van der Waals surface area contributed by atoms with Crippen molar-refractivity contribution in [1.29, 1.82) is 0 Å².